The van der Waals surface area contributed by atoms with Crippen LogP contribution in [0, 0.1) is 0 Å². The largest absolute Gasteiger partial charge is 0.432 e. The molecule has 1 N–H and O–H groups in total. The van der Waals surface area contributed by atoms with Gasteiger partial charge in [0.2, 0.25) is 0 Å². The molecule has 1 amide bonds. The first-order valence-electron chi connectivity index (χ1n) is 3.27. The molecule has 0 unspecified atom stereocenters. The lowest BCUT2D eigenvalue weighted by Crippen LogP contribution is -2.22. The van der Waals surface area contributed by atoms with E-state index in [1.165, 1.54) is 0 Å². The summed E-state index contributed by atoms with van der Waals surface area (Å²) in [6.07, 6.45) is 1.07. The van der Waals surface area contributed by atoms with E-state index in [2.05, 4.69) is 8.91 Å². The van der Waals surface area contributed by atoms with E-state index >= 15 is 0 Å². The Bertz CT molecular complexity index is 236. The van der Waals surface area contributed by atoms with Gasteiger partial charge >= 0.3 is 16.2 Å². The van der Waals surface area contributed by atoms with Crippen molar-refractivity contribution >= 4 is 28.2 Å². The summed E-state index contributed by atoms with van der Waals surface area (Å²) in [5, 5.41) is 0. The summed E-state index contributed by atoms with van der Waals surface area (Å²) in [5.74, 6) is -0.144. The number of rotatable bonds is 4. The zero-order valence-corrected chi connectivity index (χ0v) is 8.50. The molecule has 0 aliphatic heterocycles. The summed E-state index contributed by atoms with van der Waals surface area (Å²) < 4.78 is 27.9. The fourth-order valence-electron chi connectivity index (χ4n) is 0.507. The minimum atomic E-state index is -3.68. The SMILES string of the molecule is CCCS(=O)(=O)OC(=O)NSC. The number of hydrogen-bond donors (Lipinski definition) is 1. The third kappa shape index (κ3) is 5.25. The van der Waals surface area contributed by atoms with Crippen LogP contribution in [-0.4, -0.2) is 26.5 Å². The molecule has 0 fully saturated rings. The van der Waals surface area contributed by atoms with Gasteiger partial charge in [0.1, 0.15) is 0 Å². The monoisotopic (exact) mass is 213 g/mol. The molecule has 0 saturated carbocycles. The smallest absolute Gasteiger partial charge is 0.327 e. The number of carbonyl (C=O) groups is 1. The van der Waals surface area contributed by atoms with E-state index in [1.54, 1.807) is 13.2 Å². The van der Waals surface area contributed by atoms with E-state index in [-0.39, 0.29) is 5.75 Å². The Morgan fingerprint density at radius 2 is 2.17 bits per heavy atom. The van der Waals surface area contributed by atoms with Crippen LogP contribution in [-0.2, 0) is 14.3 Å². The first kappa shape index (κ1) is 11.6. The number of amides is 1. The summed E-state index contributed by atoms with van der Waals surface area (Å²) >= 11 is 0.980. The van der Waals surface area contributed by atoms with Gasteiger partial charge in [-0.3, -0.25) is 4.72 Å². The highest BCUT2D eigenvalue weighted by molar-refractivity contribution is 7.97. The van der Waals surface area contributed by atoms with Crippen molar-refractivity contribution in [1.82, 2.24) is 4.72 Å². The Labute approximate surface area is 76.1 Å². The molecule has 0 aromatic rings. The van der Waals surface area contributed by atoms with Gasteiger partial charge in [0.05, 0.1) is 5.75 Å². The van der Waals surface area contributed by atoms with Crippen LogP contribution in [0.3, 0.4) is 0 Å². The van der Waals surface area contributed by atoms with Crippen molar-refractivity contribution in [2.75, 3.05) is 12.0 Å². The van der Waals surface area contributed by atoms with Gasteiger partial charge in [-0.25, -0.2) is 4.79 Å². The molecule has 0 rings (SSSR count). The normalized spacial score (nSPS) is 10.8. The number of hydrogen-bond acceptors (Lipinski definition) is 5. The minimum Gasteiger partial charge on any atom is -0.327 e. The second kappa shape index (κ2) is 5.26. The minimum absolute atomic E-state index is 0.144. The van der Waals surface area contributed by atoms with E-state index in [0.717, 1.165) is 11.9 Å². The molecule has 0 radical (unpaired) electrons. The molecule has 0 bridgehead atoms. The highest BCUT2D eigenvalue weighted by atomic mass is 32.2. The zero-order valence-electron chi connectivity index (χ0n) is 6.86. The van der Waals surface area contributed by atoms with Gasteiger partial charge in [-0.1, -0.05) is 18.9 Å². The Balaban J connectivity index is 3.98. The quantitative estimate of drug-likeness (QED) is 0.550. The molecule has 7 heteroatoms. The molecule has 72 valence electrons. The van der Waals surface area contributed by atoms with Crippen LogP contribution in [0.1, 0.15) is 13.3 Å². The van der Waals surface area contributed by atoms with Crippen molar-refractivity contribution in [1.29, 1.82) is 0 Å². The van der Waals surface area contributed by atoms with Gasteiger partial charge < -0.3 is 4.18 Å². The summed E-state index contributed by atoms with van der Waals surface area (Å²) in [5.41, 5.74) is 0. The van der Waals surface area contributed by atoms with Crippen LogP contribution in [0.5, 0.6) is 0 Å². The van der Waals surface area contributed by atoms with Gasteiger partial charge in [-0.05, 0) is 6.42 Å². The van der Waals surface area contributed by atoms with Gasteiger partial charge in [-0.2, -0.15) is 8.42 Å². The fraction of sp³-hybridized carbons (Fsp3) is 0.800. The Hall–Kier alpha value is -0.430. The van der Waals surface area contributed by atoms with E-state index in [9.17, 15) is 13.2 Å². The third-order valence-corrected chi connectivity index (χ3v) is 2.53. The molecule has 0 aromatic carbocycles. The van der Waals surface area contributed by atoms with Crippen molar-refractivity contribution in [3.05, 3.63) is 0 Å². The Kier molecular flexibility index (Phi) is 5.07. The van der Waals surface area contributed by atoms with Crippen molar-refractivity contribution in [3.8, 4) is 0 Å². The van der Waals surface area contributed by atoms with Crippen LogP contribution in [0.2, 0.25) is 0 Å². The van der Waals surface area contributed by atoms with Gasteiger partial charge in [0.25, 0.3) is 0 Å². The first-order valence-corrected chi connectivity index (χ1v) is 6.07. The molecule has 0 aliphatic rings. The second-order valence-corrected chi connectivity index (χ2v) is 4.24. The molecular weight excluding hydrogens is 202 g/mol. The standard InChI is InChI=1S/C5H11NO4S2/c1-3-4-12(8,9)10-5(7)6-11-2/h3-4H2,1-2H3,(H,6,7). The number of nitrogens with one attached hydrogen (secondary N) is 1. The molecule has 0 saturated heterocycles. The number of carbonyl (C=O) groups excluding carboxylic acids is 1. The van der Waals surface area contributed by atoms with Crippen LogP contribution < -0.4 is 4.72 Å². The molecule has 0 heterocycles. The Morgan fingerprint density at radius 1 is 1.58 bits per heavy atom. The highest BCUT2D eigenvalue weighted by Gasteiger charge is 2.14. The molecule has 0 atom stereocenters. The molecule has 0 spiro atoms. The third-order valence-electron chi connectivity index (χ3n) is 0.842. The maximum Gasteiger partial charge on any atom is 0.432 e. The van der Waals surface area contributed by atoms with Crippen molar-refractivity contribution in [2.45, 2.75) is 13.3 Å². The lowest BCUT2D eigenvalue weighted by Gasteiger charge is -2.03. The molecule has 5 nitrogen and oxygen atoms in total. The lowest BCUT2D eigenvalue weighted by atomic mass is 10.6. The first-order chi connectivity index (χ1) is 5.52. The lowest BCUT2D eigenvalue weighted by molar-refractivity contribution is 0.209. The van der Waals surface area contributed by atoms with Crippen LogP contribution in [0.25, 0.3) is 0 Å². The average molecular weight is 213 g/mol. The topological polar surface area (TPSA) is 72.5 Å². The highest BCUT2D eigenvalue weighted by Crippen LogP contribution is 1.97. The van der Waals surface area contributed by atoms with E-state index in [4.69, 9.17) is 0 Å². The van der Waals surface area contributed by atoms with E-state index in [0.29, 0.717) is 6.42 Å². The van der Waals surface area contributed by atoms with E-state index < -0.39 is 16.2 Å². The van der Waals surface area contributed by atoms with Crippen LogP contribution in [0.15, 0.2) is 0 Å². The van der Waals surface area contributed by atoms with Gasteiger partial charge in [-0.15, -0.1) is 0 Å². The summed E-state index contributed by atoms with van der Waals surface area (Å²) in [4.78, 5) is 10.6. The predicted octanol–water partition coefficient (Wildman–Crippen LogP) is 0.730. The Morgan fingerprint density at radius 3 is 2.58 bits per heavy atom. The zero-order chi connectivity index (χ0) is 9.61. The van der Waals surface area contributed by atoms with E-state index in [1.807, 2.05) is 0 Å². The maximum absolute atomic E-state index is 10.8. The van der Waals surface area contributed by atoms with Crippen LogP contribution in [0.4, 0.5) is 4.79 Å². The molecule has 0 aliphatic carbocycles. The van der Waals surface area contributed by atoms with Gasteiger partial charge in [0.15, 0.2) is 0 Å². The van der Waals surface area contributed by atoms with Crippen molar-refractivity contribution < 1.29 is 17.4 Å². The second-order valence-electron chi connectivity index (χ2n) is 1.94. The van der Waals surface area contributed by atoms with Gasteiger partial charge in [0, 0.05) is 6.26 Å². The summed E-state index contributed by atoms with van der Waals surface area (Å²) in [6, 6.07) is 0. The molecular formula is C5H11NO4S2. The van der Waals surface area contributed by atoms with Crippen molar-refractivity contribution in [3.63, 3.8) is 0 Å². The fourth-order valence-corrected chi connectivity index (χ4v) is 1.62. The summed E-state index contributed by atoms with van der Waals surface area (Å²) in [7, 11) is -3.68. The maximum atomic E-state index is 10.8. The predicted molar refractivity (Wildman–Crippen MR) is 47.2 cm³/mol. The molecule has 0 aromatic heterocycles. The van der Waals surface area contributed by atoms with Crippen LogP contribution >= 0.6 is 11.9 Å². The average Bonchev–Trinajstić information content (AvgIpc) is 1.85. The molecule has 12 heavy (non-hydrogen) atoms. The summed E-state index contributed by atoms with van der Waals surface area (Å²) in [6.45, 7) is 1.69. The van der Waals surface area contributed by atoms with Crippen molar-refractivity contribution in [2.24, 2.45) is 0 Å².